The average molecular weight is 330 g/mol. The first-order chi connectivity index (χ1) is 8.74. The van der Waals surface area contributed by atoms with Gasteiger partial charge in [0, 0.05) is 19.2 Å². The van der Waals surface area contributed by atoms with Gasteiger partial charge in [-0.25, -0.2) is 17.9 Å². The standard InChI is InChI=1S/C7H8ClN3O6S2/c8-6-4(11(14)15)3-5(18-6)19(16,17)10-2-1-9-7(12)13/h3,9-10H,1-2H2,(H,12,13). The molecule has 1 rings (SSSR count). The highest BCUT2D eigenvalue weighted by Gasteiger charge is 2.24. The van der Waals surface area contributed by atoms with Crippen molar-refractivity contribution in [2.75, 3.05) is 13.1 Å². The van der Waals surface area contributed by atoms with Gasteiger partial charge < -0.3 is 10.4 Å². The van der Waals surface area contributed by atoms with Crippen molar-refractivity contribution in [2.24, 2.45) is 0 Å². The smallest absolute Gasteiger partial charge is 0.404 e. The van der Waals surface area contributed by atoms with Crippen LogP contribution in [0.25, 0.3) is 0 Å². The van der Waals surface area contributed by atoms with E-state index in [-0.39, 0.29) is 21.6 Å². The summed E-state index contributed by atoms with van der Waals surface area (Å²) < 4.78 is 25.0. The maximum absolute atomic E-state index is 11.7. The summed E-state index contributed by atoms with van der Waals surface area (Å²) in [5.41, 5.74) is -0.490. The second-order valence-corrected chi connectivity index (χ2v) is 6.76. The largest absolute Gasteiger partial charge is 0.465 e. The third kappa shape index (κ3) is 4.31. The van der Waals surface area contributed by atoms with Gasteiger partial charge >= 0.3 is 6.09 Å². The Bertz CT molecular complexity index is 598. The summed E-state index contributed by atoms with van der Waals surface area (Å²) in [6.45, 7) is -0.312. The van der Waals surface area contributed by atoms with E-state index in [1.54, 1.807) is 0 Å². The monoisotopic (exact) mass is 329 g/mol. The normalized spacial score (nSPS) is 11.2. The molecule has 0 spiro atoms. The van der Waals surface area contributed by atoms with Crippen LogP contribution in [0.3, 0.4) is 0 Å². The highest BCUT2D eigenvalue weighted by atomic mass is 35.5. The Morgan fingerprint density at radius 1 is 1.53 bits per heavy atom. The highest BCUT2D eigenvalue weighted by molar-refractivity contribution is 7.91. The van der Waals surface area contributed by atoms with Gasteiger partial charge in [-0.1, -0.05) is 11.6 Å². The second-order valence-electron chi connectivity index (χ2n) is 3.11. The van der Waals surface area contributed by atoms with Crippen molar-refractivity contribution in [3.05, 3.63) is 20.5 Å². The third-order valence-corrected chi connectivity index (χ3v) is 5.07. The summed E-state index contributed by atoms with van der Waals surface area (Å²) in [4.78, 5) is 19.9. The lowest BCUT2D eigenvalue weighted by Gasteiger charge is -2.03. The van der Waals surface area contributed by atoms with E-state index in [0.29, 0.717) is 11.3 Å². The van der Waals surface area contributed by atoms with Crippen molar-refractivity contribution >= 4 is 44.7 Å². The molecule has 106 valence electrons. The third-order valence-electron chi connectivity index (χ3n) is 1.80. The lowest BCUT2D eigenvalue weighted by Crippen LogP contribution is -2.33. The van der Waals surface area contributed by atoms with Crippen LogP contribution in [0, 0.1) is 10.1 Å². The minimum atomic E-state index is -3.95. The fourth-order valence-electron chi connectivity index (χ4n) is 1.02. The molecule has 0 aliphatic rings. The Hall–Kier alpha value is -1.43. The Morgan fingerprint density at radius 3 is 2.63 bits per heavy atom. The molecule has 9 nitrogen and oxygen atoms in total. The molecule has 0 saturated carbocycles. The lowest BCUT2D eigenvalue weighted by molar-refractivity contribution is -0.384. The van der Waals surface area contributed by atoms with Gasteiger partial charge in [-0.15, -0.1) is 11.3 Å². The molecule has 0 unspecified atom stereocenters. The first kappa shape index (κ1) is 15.6. The van der Waals surface area contributed by atoms with Crippen LogP contribution in [0.5, 0.6) is 0 Å². The molecular weight excluding hydrogens is 322 g/mol. The van der Waals surface area contributed by atoms with Crippen molar-refractivity contribution in [2.45, 2.75) is 4.21 Å². The zero-order chi connectivity index (χ0) is 14.6. The topological polar surface area (TPSA) is 139 Å². The molecule has 0 aliphatic heterocycles. The summed E-state index contributed by atoms with van der Waals surface area (Å²) in [6, 6.07) is 0.847. The van der Waals surface area contributed by atoms with Crippen molar-refractivity contribution in [1.29, 1.82) is 0 Å². The molecule has 1 heterocycles. The van der Waals surface area contributed by atoms with Crippen LogP contribution in [0.1, 0.15) is 0 Å². The number of rotatable bonds is 6. The van der Waals surface area contributed by atoms with Gasteiger partial charge in [-0.3, -0.25) is 10.1 Å². The van der Waals surface area contributed by atoms with Crippen LogP contribution < -0.4 is 10.0 Å². The van der Waals surface area contributed by atoms with E-state index in [0.717, 1.165) is 6.07 Å². The lowest BCUT2D eigenvalue weighted by atomic mass is 10.6. The maximum atomic E-state index is 11.7. The number of carbonyl (C=O) groups is 1. The molecule has 0 aliphatic carbocycles. The Kier molecular flexibility index (Phi) is 5.05. The number of nitrogens with zero attached hydrogens (tertiary/aromatic N) is 1. The van der Waals surface area contributed by atoms with Gasteiger partial charge in [0.05, 0.1) is 4.92 Å². The summed E-state index contributed by atoms with van der Waals surface area (Å²) in [5.74, 6) is 0. The van der Waals surface area contributed by atoms with E-state index >= 15 is 0 Å². The van der Waals surface area contributed by atoms with Crippen LogP contribution in [-0.2, 0) is 10.0 Å². The van der Waals surface area contributed by atoms with Crippen LogP contribution in [0.15, 0.2) is 10.3 Å². The van der Waals surface area contributed by atoms with Crippen LogP contribution in [0.2, 0.25) is 4.34 Å². The number of thiophene rings is 1. The summed E-state index contributed by atoms with van der Waals surface area (Å²) in [6.07, 6.45) is -1.28. The zero-order valence-corrected chi connectivity index (χ0v) is 11.5. The summed E-state index contributed by atoms with van der Waals surface area (Å²) in [5, 5.41) is 20.8. The first-order valence-electron chi connectivity index (χ1n) is 4.64. The van der Waals surface area contributed by atoms with Gasteiger partial charge in [-0.05, 0) is 0 Å². The van der Waals surface area contributed by atoms with Crippen LogP contribution in [0.4, 0.5) is 10.5 Å². The van der Waals surface area contributed by atoms with E-state index in [9.17, 15) is 23.3 Å². The maximum Gasteiger partial charge on any atom is 0.404 e. The van der Waals surface area contributed by atoms with Crippen LogP contribution in [-0.4, -0.2) is 37.6 Å². The van der Waals surface area contributed by atoms with E-state index in [1.807, 2.05) is 5.32 Å². The predicted molar refractivity (Wildman–Crippen MR) is 67.2 cm³/mol. The number of sulfonamides is 1. The second kappa shape index (κ2) is 6.14. The Labute approximate surface area is 116 Å². The number of nitrogens with one attached hydrogen (secondary N) is 2. The van der Waals surface area contributed by atoms with Gasteiger partial charge in [0.25, 0.3) is 5.69 Å². The molecule has 0 bridgehead atoms. The number of halogens is 1. The van der Waals surface area contributed by atoms with E-state index in [1.165, 1.54) is 0 Å². The molecule has 12 heteroatoms. The molecule has 0 saturated heterocycles. The Morgan fingerprint density at radius 2 is 2.16 bits per heavy atom. The minimum Gasteiger partial charge on any atom is -0.465 e. The molecule has 1 amide bonds. The molecule has 3 N–H and O–H groups in total. The molecule has 0 aromatic carbocycles. The van der Waals surface area contributed by atoms with E-state index in [2.05, 4.69) is 4.72 Å². The van der Waals surface area contributed by atoms with E-state index in [4.69, 9.17) is 16.7 Å². The fourth-order valence-corrected chi connectivity index (χ4v) is 3.76. The van der Waals surface area contributed by atoms with Crippen molar-refractivity contribution in [3.8, 4) is 0 Å². The minimum absolute atomic E-state index is 0.129. The summed E-state index contributed by atoms with van der Waals surface area (Å²) in [7, 11) is -3.95. The molecule has 0 atom stereocenters. The quantitative estimate of drug-likeness (QED) is 0.402. The molecule has 0 fully saturated rings. The van der Waals surface area contributed by atoms with Crippen LogP contribution >= 0.6 is 22.9 Å². The van der Waals surface area contributed by atoms with Gasteiger partial charge in [0.1, 0.15) is 4.21 Å². The summed E-state index contributed by atoms with van der Waals surface area (Å²) >= 11 is 6.09. The highest BCUT2D eigenvalue weighted by Crippen LogP contribution is 2.35. The average Bonchev–Trinajstić information content (AvgIpc) is 2.67. The van der Waals surface area contributed by atoms with Gasteiger partial charge in [0.15, 0.2) is 4.34 Å². The van der Waals surface area contributed by atoms with Crippen molar-refractivity contribution < 1.29 is 23.2 Å². The molecule has 0 radical (unpaired) electrons. The molecule has 1 aromatic heterocycles. The number of nitro groups is 1. The SMILES string of the molecule is O=C(O)NCCNS(=O)(=O)c1cc([N+](=O)[O-])c(Cl)s1. The zero-order valence-electron chi connectivity index (χ0n) is 9.12. The first-order valence-corrected chi connectivity index (χ1v) is 7.32. The molecule has 1 aromatic rings. The van der Waals surface area contributed by atoms with Gasteiger partial charge in [-0.2, -0.15) is 0 Å². The number of hydrogen-bond acceptors (Lipinski definition) is 6. The number of carboxylic acid groups (broad SMARTS) is 1. The predicted octanol–water partition coefficient (Wildman–Crippen LogP) is 0.856. The number of amides is 1. The molecule has 19 heavy (non-hydrogen) atoms. The van der Waals surface area contributed by atoms with Crippen molar-refractivity contribution in [1.82, 2.24) is 10.0 Å². The van der Waals surface area contributed by atoms with E-state index < -0.39 is 26.7 Å². The number of hydrogen-bond donors (Lipinski definition) is 3. The fraction of sp³-hybridized carbons (Fsp3) is 0.286. The van der Waals surface area contributed by atoms with Gasteiger partial charge in [0.2, 0.25) is 10.0 Å². The Balaban J connectivity index is 2.75. The molecular formula is C7H8ClN3O6S2. The van der Waals surface area contributed by atoms with Crippen molar-refractivity contribution in [3.63, 3.8) is 0 Å².